The lowest BCUT2D eigenvalue weighted by Gasteiger charge is -2.10. The van der Waals surface area contributed by atoms with Gasteiger partial charge >= 0.3 is 6.18 Å². The predicted molar refractivity (Wildman–Crippen MR) is 90.8 cm³/mol. The number of benzene rings is 1. The van der Waals surface area contributed by atoms with Gasteiger partial charge in [-0.15, -0.1) is 0 Å². The van der Waals surface area contributed by atoms with Gasteiger partial charge < -0.3 is 10.1 Å². The number of anilines is 1. The fourth-order valence-corrected chi connectivity index (χ4v) is 2.28. The summed E-state index contributed by atoms with van der Waals surface area (Å²) in [6.07, 6.45) is 0.327. The fraction of sp³-hybridized carbons (Fsp3) is 0.0588. The highest BCUT2D eigenvalue weighted by molar-refractivity contribution is 6.31. The number of aromatic nitrogens is 3. The van der Waals surface area contributed by atoms with Gasteiger partial charge in [-0.3, -0.25) is 4.79 Å². The molecule has 0 aliphatic rings. The van der Waals surface area contributed by atoms with Crippen molar-refractivity contribution >= 4 is 23.3 Å². The summed E-state index contributed by atoms with van der Waals surface area (Å²) in [5.74, 6) is -0.0378. The number of carbonyl (C=O) groups is 1. The second-order valence-electron chi connectivity index (χ2n) is 5.24. The zero-order valence-electron chi connectivity index (χ0n) is 13.4. The van der Waals surface area contributed by atoms with Crippen molar-refractivity contribution in [3.8, 4) is 11.5 Å². The van der Waals surface area contributed by atoms with Crippen LogP contribution in [0.4, 0.5) is 19.0 Å². The maximum atomic E-state index is 12.6. The van der Waals surface area contributed by atoms with E-state index in [9.17, 15) is 18.0 Å². The highest BCUT2D eigenvalue weighted by Crippen LogP contribution is 2.29. The summed E-state index contributed by atoms with van der Waals surface area (Å²) in [6.45, 7) is 0. The van der Waals surface area contributed by atoms with Crippen LogP contribution in [0.3, 0.4) is 0 Å². The first-order valence-corrected chi connectivity index (χ1v) is 7.77. The van der Waals surface area contributed by atoms with Crippen LogP contribution in [-0.4, -0.2) is 20.9 Å². The van der Waals surface area contributed by atoms with Gasteiger partial charge in [-0.25, -0.2) is 15.0 Å². The molecule has 0 unspecified atom stereocenters. The number of nitrogens with zero attached hydrogens (tertiary/aromatic N) is 3. The zero-order valence-corrected chi connectivity index (χ0v) is 14.1. The van der Waals surface area contributed by atoms with Gasteiger partial charge in [0.25, 0.3) is 5.91 Å². The monoisotopic (exact) mass is 394 g/mol. The molecule has 0 spiro atoms. The summed E-state index contributed by atoms with van der Waals surface area (Å²) < 4.78 is 43.2. The van der Waals surface area contributed by atoms with Crippen LogP contribution in [0.25, 0.3) is 0 Å². The second-order valence-corrected chi connectivity index (χ2v) is 5.67. The Morgan fingerprint density at radius 2 is 1.78 bits per heavy atom. The Labute approximate surface area is 156 Å². The molecule has 1 aromatic carbocycles. The molecule has 0 aliphatic carbocycles. The molecule has 138 valence electrons. The third kappa shape index (κ3) is 4.91. The van der Waals surface area contributed by atoms with Gasteiger partial charge in [0.1, 0.15) is 17.9 Å². The maximum absolute atomic E-state index is 12.6. The van der Waals surface area contributed by atoms with Crippen molar-refractivity contribution in [2.24, 2.45) is 0 Å². The van der Waals surface area contributed by atoms with Gasteiger partial charge in [-0.2, -0.15) is 13.2 Å². The van der Waals surface area contributed by atoms with E-state index in [2.05, 4.69) is 20.3 Å². The van der Waals surface area contributed by atoms with E-state index < -0.39 is 17.6 Å². The lowest BCUT2D eigenvalue weighted by molar-refractivity contribution is -0.137. The van der Waals surface area contributed by atoms with E-state index in [1.54, 1.807) is 0 Å². The summed E-state index contributed by atoms with van der Waals surface area (Å²) in [5.41, 5.74) is -0.778. The quantitative estimate of drug-likeness (QED) is 0.700. The molecule has 1 amide bonds. The largest absolute Gasteiger partial charge is 0.454 e. The Hall–Kier alpha value is -3.20. The van der Waals surface area contributed by atoms with E-state index in [4.69, 9.17) is 16.3 Å². The number of hydrogen-bond donors (Lipinski definition) is 1. The number of halogens is 4. The molecule has 2 aromatic heterocycles. The molecule has 10 heteroatoms. The van der Waals surface area contributed by atoms with Crippen LogP contribution in [0, 0.1) is 0 Å². The molecular weight excluding hydrogens is 385 g/mol. The van der Waals surface area contributed by atoms with Crippen LogP contribution in [0.1, 0.15) is 15.9 Å². The van der Waals surface area contributed by atoms with E-state index in [1.165, 1.54) is 36.9 Å². The SMILES string of the molecule is O=C(Nc1ccc(C(F)(F)F)cn1)c1cc(Cl)cc(Oc2cncnc2)c1. The first kappa shape index (κ1) is 18.6. The Balaban J connectivity index is 1.76. The molecule has 0 saturated carbocycles. The molecule has 0 bridgehead atoms. The average Bonchev–Trinajstić information content (AvgIpc) is 2.62. The average molecular weight is 395 g/mol. The fourth-order valence-electron chi connectivity index (χ4n) is 2.05. The summed E-state index contributed by atoms with van der Waals surface area (Å²) >= 11 is 6.00. The number of amides is 1. The Kier molecular flexibility index (Phi) is 5.22. The normalized spacial score (nSPS) is 11.1. The topological polar surface area (TPSA) is 77.0 Å². The summed E-state index contributed by atoms with van der Waals surface area (Å²) in [4.78, 5) is 23.5. The molecule has 6 nitrogen and oxygen atoms in total. The minimum Gasteiger partial charge on any atom is -0.454 e. The van der Waals surface area contributed by atoms with E-state index >= 15 is 0 Å². The Morgan fingerprint density at radius 3 is 2.41 bits per heavy atom. The molecule has 1 N–H and O–H groups in total. The van der Waals surface area contributed by atoms with Gasteiger partial charge in [0.05, 0.1) is 18.0 Å². The summed E-state index contributed by atoms with van der Waals surface area (Å²) in [6, 6.07) is 6.17. The zero-order chi connectivity index (χ0) is 19.4. The number of hydrogen-bond acceptors (Lipinski definition) is 5. The summed E-state index contributed by atoms with van der Waals surface area (Å²) in [5, 5.41) is 2.63. The van der Waals surface area contributed by atoms with E-state index in [1.807, 2.05) is 0 Å². The molecule has 2 heterocycles. The lowest BCUT2D eigenvalue weighted by atomic mass is 10.2. The van der Waals surface area contributed by atoms with Crippen LogP contribution < -0.4 is 10.1 Å². The number of ether oxygens (including phenoxy) is 1. The molecule has 0 radical (unpaired) electrons. The third-order valence-corrected chi connectivity index (χ3v) is 3.46. The van der Waals surface area contributed by atoms with Crippen molar-refractivity contribution in [2.45, 2.75) is 6.18 Å². The van der Waals surface area contributed by atoms with Crippen molar-refractivity contribution in [2.75, 3.05) is 5.32 Å². The van der Waals surface area contributed by atoms with Crippen molar-refractivity contribution in [1.29, 1.82) is 0 Å². The van der Waals surface area contributed by atoms with Crippen LogP contribution in [0.5, 0.6) is 11.5 Å². The third-order valence-electron chi connectivity index (χ3n) is 3.24. The number of rotatable bonds is 4. The van der Waals surface area contributed by atoms with Gasteiger partial charge in [0, 0.05) is 16.8 Å². The number of alkyl halides is 3. The first-order valence-electron chi connectivity index (χ1n) is 7.39. The first-order chi connectivity index (χ1) is 12.8. The standard InChI is InChI=1S/C17H10ClF3N4O2/c18-12-3-10(4-13(5-12)27-14-7-22-9-23-8-14)16(26)25-15-2-1-11(6-24-15)17(19,20)21/h1-9H,(H,24,25,26). The van der Waals surface area contributed by atoms with Crippen molar-refractivity contribution in [3.05, 3.63) is 71.4 Å². The molecule has 0 fully saturated rings. The minimum atomic E-state index is -4.50. The van der Waals surface area contributed by atoms with E-state index in [-0.39, 0.29) is 22.2 Å². The maximum Gasteiger partial charge on any atom is 0.417 e. The van der Waals surface area contributed by atoms with Gasteiger partial charge in [-0.05, 0) is 30.3 Å². The lowest BCUT2D eigenvalue weighted by Crippen LogP contribution is -2.14. The molecule has 3 rings (SSSR count). The van der Waals surface area contributed by atoms with Gasteiger partial charge in [0.2, 0.25) is 0 Å². The van der Waals surface area contributed by atoms with Crippen LogP contribution in [0.15, 0.2) is 55.2 Å². The van der Waals surface area contributed by atoms with Crippen molar-refractivity contribution < 1.29 is 22.7 Å². The number of nitrogens with one attached hydrogen (secondary N) is 1. The predicted octanol–water partition coefficient (Wildman–Crippen LogP) is 4.59. The molecule has 0 saturated heterocycles. The smallest absolute Gasteiger partial charge is 0.417 e. The van der Waals surface area contributed by atoms with Crippen LogP contribution in [0.2, 0.25) is 5.02 Å². The van der Waals surface area contributed by atoms with E-state index in [0.717, 1.165) is 12.1 Å². The molecule has 3 aromatic rings. The molecular formula is C17H10ClF3N4O2. The molecule has 0 atom stereocenters. The minimum absolute atomic E-state index is 0.0353. The second kappa shape index (κ2) is 7.58. The molecule has 27 heavy (non-hydrogen) atoms. The van der Waals surface area contributed by atoms with E-state index in [0.29, 0.717) is 11.9 Å². The van der Waals surface area contributed by atoms with Crippen molar-refractivity contribution in [1.82, 2.24) is 15.0 Å². The van der Waals surface area contributed by atoms with Crippen LogP contribution >= 0.6 is 11.6 Å². The Morgan fingerprint density at radius 1 is 1.04 bits per heavy atom. The summed E-state index contributed by atoms with van der Waals surface area (Å²) in [7, 11) is 0. The highest BCUT2D eigenvalue weighted by Gasteiger charge is 2.30. The number of carbonyl (C=O) groups excluding carboxylic acids is 1. The molecule has 0 aliphatic heterocycles. The highest BCUT2D eigenvalue weighted by atomic mass is 35.5. The number of pyridine rings is 1. The van der Waals surface area contributed by atoms with Crippen LogP contribution in [-0.2, 0) is 6.18 Å². The van der Waals surface area contributed by atoms with Gasteiger partial charge in [-0.1, -0.05) is 11.6 Å². The Bertz CT molecular complexity index is 951. The van der Waals surface area contributed by atoms with Gasteiger partial charge in [0.15, 0.2) is 5.75 Å². The van der Waals surface area contributed by atoms with Crippen molar-refractivity contribution in [3.63, 3.8) is 0 Å².